The Kier molecular flexibility index (Phi) is 7.23. The van der Waals surface area contributed by atoms with E-state index in [1.54, 1.807) is 12.1 Å². The fraction of sp³-hybridized carbons (Fsp3) is 0.304. The van der Waals surface area contributed by atoms with Crippen molar-refractivity contribution in [2.45, 2.75) is 53.2 Å². The second-order valence-electron chi connectivity index (χ2n) is 7.63. The van der Waals surface area contributed by atoms with Gasteiger partial charge in [-0.25, -0.2) is 8.42 Å². The van der Waals surface area contributed by atoms with Gasteiger partial charge in [-0.15, -0.1) is 0 Å². The summed E-state index contributed by atoms with van der Waals surface area (Å²) in [6.07, 6.45) is 5.39. The summed E-state index contributed by atoms with van der Waals surface area (Å²) in [5.74, 6) is 0.0889. The van der Waals surface area contributed by atoms with Crippen molar-refractivity contribution in [1.29, 1.82) is 0 Å². The van der Waals surface area contributed by atoms with Gasteiger partial charge < -0.3 is 9.73 Å². The summed E-state index contributed by atoms with van der Waals surface area (Å²) < 4.78 is 32.4. The lowest BCUT2D eigenvalue weighted by molar-refractivity contribution is -0.119. The van der Waals surface area contributed by atoms with Crippen LogP contribution in [-0.2, 0) is 14.6 Å². The summed E-state index contributed by atoms with van der Waals surface area (Å²) in [7, 11) is -3.96. The van der Waals surface area contributed by atoms with Gasteiger partial charge in [0, 0.05) is 16.6 Å². The highest BCUT2D eigenvalue weighted by atomic mass is 35.5. The van der Waals surface area contributed by atoms with E-state index in [4.69, 9.17) is 16.0 Å². The van der Waals surface area contributed by atoms with Crippen LogP contribution in [0.25, 0.3) is 11.5 Å². The van der Waals surface area contributed by atoms with Crippen LogP contribution in [0.1, 0.15) is 32.1 Å². The van der Waals surface area contributed by atoms with Crippen molar-refractivity contribution in [2.24, 2.45) is 0 Å². The summed E-state index contributed by atoms with van der Waals surface area (Å²) in [6, 6.07) is 15.1. The predicted molar refractivity (Wildman–Crippen MR) is 125 cm³/mol. The Labute approximate surface area is 196 Å². The first-order chi connectivity index (χ1) is 15.4. The molecule has 0 spiro atoms. The first-order valence-corrected chi connectivity index (χ1v) is 13.3. The molecular weight excluding hydrogens is 468 g/mol. The first kappa shape index (κ1) is 22.9. The zero-order chi connectivity index (χ0) is 22.6. The van der Waals surface area contributed by atoms with E-state index in [-0.39, 0.29) is 38.6 Å². The number of carbonyl (C=O) groups excluding carboxylic acids is 1. The number of hydrogen-bond donors (Lipinski definition) is 1. The largest absolute Gasteiger partial charge is 0.428 e. The number of hydrogen-bond acceptors (Lipinski definition) is 6. The first-order valence-electron chi connectivity index (χ1n) is 10.4. The van der Waals surface area contributed by atoms with Crippen LogP contribution < -0.4 is 5.32 Å². The molecule has 2 aromatic carbocycles. The Balaban J connectivity index is 1.60. The lowest BCUT2D eigenvalue weighted by atomic mass is 9.95. The summed E-state index contributed by atoms with van der Waals surface area (Å²) in [5, 5.41) is 3.37. The number of nitrogens with zero attached hydrogens (tertiary/aromatic N) is 1. The molecule has 1 heterocycles. The quantitative estimate of drug-likeness (QED) is 0.448. The molecule has 1 fully saturated rings. The number of sulfone groups is 1. The Morgan fingerprint density at radius 2 is 1.75 bits per heavy atom. The van der Waals surface area contributed by atoms with Crippen LogP contribution in [0, 0.1) is 0 Å². The standard InChI is InChI=1S/C23H23ClN2O4S2/c24-17-11-13-19(14-12-17)32(28,29)22-23(30-21(26-22)16-7-3-1-4-8-16)31-15-20(27)25-18-9-5-2-6-10-18/h1,3-4,7-8,11-14,18H,2,5-6,9-10,15H2,(H,25,27). The summed E-state index contributed by atoms with van der Waals surface area (Å²) >= 11 is 6.95. The third-order valence-electron chi connectivity index (χ3n) is 5.27. The van der Waals surface area contributed by atoms with Gasteiger partial charge in [-0.3, -0.25) is 4.79 Å². The van der Waals surface area contributed by atoms with E-state index in [1.807, 2.05) is 18.2 Å². The van der Waals surface area contributed by atoms with E-state index < -0.39 is 9.84 Å². The van der Waals surface area contributed by atoms with E-state index in [1.165, 1.54) is 30.7 Å². The molecule has 0 aliphatic heterocycles. The van der Waals surface area contributed by atoms with Crippen molar-refractivity contribution >= 4 is 39.1 Å². The monoisotopic (exact) mass is 490 g/mol. The van der Waals surface area contributed by atoms with Crippen LogP contribution in [0.15, 0.2) is 74.0 Å². The van der Waals surface area contributed by atoms with Crippen molar-refractivity contribution in [2.75, 3.05) is 5.75 Å². The molecule has 4 rings (SSSR count). The molecule has 168 valence electrons. The van der Waals surface area contributed by atoms with Crippen LogP contribution in [0.5, 0.6) is 0 Å². The van der Waals surface area contributed by atoms with Crippen LogP contribution in [0.3, 0.4) is 0 Å². The van der Waals surface area contributed by atoms with Gasteiger partial charge in [0.1, 0.15) is 0 Å². The minimum absolute atomic E-state index is 0.0447. The fourth-order valence-corrected chi connectivity index (χ4v) is 6.10. The number of carbonyl (C=O) groups is 1. The second-order valence-corrected chi connectivity index (χ2v) is 10.9. The lowest BCUT2D eigenvalue weighted by Gasteiger charge is -2.22. The van der Waals surface area contributed by atoms with Gasteiger partial charge >= 0.3 is 0 Å². The van der Waals surface area contributed by atoms with E-state index in [0.29, 0.717) is 10.6 Å². The predicted octanol–water partition coefficient (Wildman–Crippen LogP) is 5.37. The summed E-state index contributed by atoms with van der Waals surface area (Å²) in [5.41, 5.74) is 0.651. The molecule has 1 N–H and O–H groups in total. The SMILES string of the molecule is O=C(CSc1oc(-c2ccccc2)nc1S(=O)(=O)c1ccc(Cl)cc1)NC1CCCCC1. The molecular formula is C23H23ClN2O4S2. The fourth-order valence-electron chi connectivity index (χ4n) is 3.63. The number of thioether (sulfide) groups is 1. The number of amides is 1. The lowest BCUT2D eigenvalue weighted by Crippen LogP contribution is -2.37. The third kappa shape index (κ3) is 5.36. The van der Waals surface area contributed by atoms with Crippen molar-refractivity contribution in [3.63, 3.8) is 0 Å². The highest BCUT2D eigenvalue weighted by Gasteiger charge is 2.29. The van der Waals surface area contributed by atoms with E-state index in [0.717, 1.165) is 37.4 Å². The molecule has 1 aliphatic rings. The molecule has 0 atom stereocenters. The average molecular weight is 491 g/mol. The zero-order valence-corrected chi connectivity index (χ0v) is 19.7. The van der Waals surface area contributed by atoms with Gasteiger partial charge in [0.05, 0.1) is 10.6 Å². The molecule has 6 nitrogen and oxygen atoms in total. The smallest absolute Gasteiger partial charge is 0.230 e. The number of halogens is 1. The molecule has 9 heteroatoms. The number of nitrogens with one attached hydrogen (secondary N) is 1. The van der Waals surface area contributed by atoms with Gasteiger partial charge in [0.25, 0.3) is 0 Å². The average Bonchev–Trinajstić information content (AvgIpc) is 3.25. The van der Waals surface area contributed by atoms with Crippen molar-refractivity contribution in [3.8, 4) is 11.5 Å². The van der Waals surface area contributed by atoms with Gasteiger partial charge in [-0.2, -0.15) is 4.98 Å². The molecule has 1 aromatic heterocycles. The van der Waals surface area contributed by atoms with E-state index >= 15 is 0 Å². The number of benzene rings is 2. The number of oxazole rings is 1. The second kappa shape index (κ2) is 10.1. The highest BCUT2D eigenvalue weighted by Crippen LogP contribution is 2.35. The van der Waals surface area contributed by atoms with Gasteiger partial charge in [0.15, 0.2) is 0 Å². The minimum atomic E-state index is -3.96. The highest BCUT2D eigenvalue weighted by molar-refractivity contribution is 8.00. The van der Waals surface area contributed by atoms with Gasteiger partial charge in [-0.1, -0.05) is 60.8 Å². The van der Waals surface area contributed by atoms with Crippen molar-refractivity contribution in [3.05, 3.63) is 59.6 Å². The third-order valence-corrected chi connectivity index (χ3v) is 8.28. The normalized spacial score (nSPS) is 14.9. The topological polar surface area (TPSA) is 89.3 Å². The van der Waals surface area contributed by atoms with Crippen LogP contribution in [-0.4, -0.2) is 31.1 Å². The van der Waals surface area contributed by atoms with Crippen LogP contribution >= 0.6 is 23.4 Å². The molecule has 32 heavy (non-hydrogen) atoms. The Bertz CT molecular complexity index is 1170. The number of rotatable bonds is 7. The number of aromatic nitrogens is 1. The van der Waals surface area contributed by atoms with Crippen LogP contribution in [0.2, 0.25) is 5.02 Å². The van der Waals surface area contributed by atoms with Crippen LogP contribution in [0.4, 0.5) is 0 Å². The Morgan fingerprint density at radius 3 is 2.44 bits per heavy atom. The molecule has 1 saturated carbocycles. The van der Waals surface area contributed by atoms with Gasteiger partial charge in [0.2, 0.25) is 31.8 Å². The van der Waals surface area contributed by atoms with Crippen molar-refractivity contribution in [1.82, 2.24) is 10.3 Å². The molecule has 0 radical (unpaired) electrons. The molecule has 1 aliphatic carbocycles. The molecule has 3 aromatic rings. The van der Waals surface area contributed by atoms with Gasteiger partial charge in [-0.05, 0) is 49.2 Å². The van der Waals surface area contributed by atoms with E-state index in [2.05, 4.69) is 10.3 Å². The molecule has 1 amide bonds. The maximum absolute atomic E-state index is 13.3. The minimum Gasteiger partial charge on any atom is -0.428 e. The molecule has 0 bridgehead atoms. The van der Waals surface area contributed by atoms with Crippen molar-refractivity contribution < 1.29 is 17.6 Å². The maximum Gasteiger partial charge on any atom is 0.230 e. The molecule has 0 unspecified atom stereocenters. The Morgan fingerprint density at radius 1 is 1.06 bits per heavy atom. The zero-order valence-electron chi connectivity index (χ0n) is 17.3. The molecule has 0 saturated heterocycles. The summed E-state index contributed by atoms with van der Waals surface area (Å²) in [6.45, 7) is 0. The maximum atomic E-state index is 13.3. The van der Waals surface area contributed by atoms with E-state index in [9.17, 15) is 13.2 Å². The Hall–Kier alpha value is -2.29. The summed E-state index contributed by atoms with van der Waals surface area (Å²) in [4.78, 5) is 16.8.